The van der Waals surface area contributed by atoms with Crippen molar-refractivity contribution in [3.63, 3.8) is 0 Å². The minimum absolute atomic E-state index is 0.336. The van der Waals surface area contributed by atoms with Crippen molar-refractivity contribution in [1.82, 2.24) is 10.2 Å². The van der Waals surface area contributed by atoms with Crippen LogP contribution in [0.1, 0.15) is 12.6 Å². The number of aromatic nitrogens is 2. The van der Waals surface area contributed by atoms with Gasteiger partial charge in [0, 0.05) is 17.4 Å². The molecule has 0 aliphatic rings. The van der Waals surface area contributed by atoms with Crippen LogP contribution in [0, 0.1) is 6.92 Å². The first-order valence-electron chi connectivity index (χ1n) is 8.51. The summed E-state index contributed by atoms with van der Waals surface area (Å²) in [4.78, 5) is 12.1. The molecule has 0 aliphatic heterocycles. The van der Waals surface area contributed by atoms with E-state index in [9.17, 15) is 4.79 Å². The monoisotopic (exact) mass is 364 g/mol. The van der Waals surface area contributed by atoms with Gasteiger partial charge in [0.05, 0.1) is 12.3 Å². The third-order valence-electron chi connectivity index (χ3n) is 3.53. The normalized spacial score (nSPS) is 10.1. The highest BCUT2D eigenvalue weighted by Crippen LogP contribution is 2.21. The molecule has 0 fully saturated rings. The van der Waals surface area contributed by atoms with E-state index in [0.717, 1.165) is 11.4 Å². The maximum absolute atomic E-state index is 12.1. The van der Waals surface area contributed by atoms with Crippen molar-refractivity contribution in [3.8, 4) is 17.4 Å². The van der Waals surface area contributed by atoms with E-state index in [4.69, 9.17) is 9.47 Å². The first-order chi connectivity index (χ1) is 13.1. The second-order valence-corrected chi connectivity index (χ2v) is 5.68. The van der Waals surface area contributed by atoms with Crippen molar-refractivity contribution >= 4 is 17.4 Å². The van der Waals surface area contributed by atoms with Crippen molar-refractivity contribution in [2.24, 2.45) is 0 Å². The number of rotatable bonds is 6. The molecule has 3 rings (SSSR count). The molecule has 2 amide bonds. The van der Waals surface area contributed by atoms with Crippen LogP contribution in [0.5, 0.6) is 17.4 Å². The second kappa shape index (κ2) is 8.66. The summed E-state index contributed by atoms with van der Waals surface area (Å²) < 4.78 is 11.0. The van der Waals surface area contributed by atoms with Gasteiger partial charge in [-0.25, -0.2) is 4.79 Å². The number of nitrogens with zero attached hydrogens (tertiary/aromatic N) is 2. The molecule has 0 spiro atoms. The van der Waals surface area contributed by atoms with E-state index in [1.54, 1.807) is 54.6 Å². The highest BCUT2D eigenvalue weighted by Gasteiger charge is 2.04. The van der Waals surface area contributed by atoms with Crippen LogP contribution in [0.2, 0.25) is 0 Å². The Morgan fingerprint density at radius 3 is 1.96 bits per heavy atom. The molecule has 3 aromatic rings. The Morgan fingerprint density at radius 1 is 0.852 bits per heavy atom. The molecule has 0 saturated carbocycles. The molecule has 1 aromatic heterocycles. The van der Waals surface area contributed by atoms with E-state index >= 15 is 0 Å². The maximum atomic E-state index is 12.1. The molecule has 138 valence electrons. The fraction of sp³-hybridized carbons (Fsp3) is 0.150. The Labute approximate surface area is 157 Å². The number of anilines is 2. The summed E-state index contributed by atoms with van der Waals surface area (Å²) in [6.07, 6.45) is 0. The van der Waals surface area contributed by atoms with Crippen molar-refractivity contribution in [3.05, 3.63) is 66.4 Å². The SMILES string of the molecule is CCOc1ccc(NC(=O)Nc2ccc(Oc3ccc(C)nn3)cc2)cc1. The first kappa shape index (κ1) is 18.2. The van der Waals surface area contributed by atoms with Gasteiger partial charge in [0.1, 0.15) is 11.5 Å². The number of hydrogen-bond acceptors (Lipinski definition) is 5. The predicted octanol–water partition coefficient (Wildman–Crippen LogP) is 4.62. The second-order valence-electron chi connectivity index (χ2n) is 5.68. The Balaban J connectivity index is 1.54. The van der Waals surface area contributed by atoms with Crippen molar-refractivity contribution < 1.29 is 14.3 Å². The summed E-state index contributed by atoms with van der Waals surface area (Å²) in [6, 6.07) is 17.4. The molecular weight excluding hydrogens is 344 g/mol. The molecule has 7 nitrogen and oxygen atoms in total. The van der Waals surface area contributed by atoms with Gasteiger partial charge in [0.2, 0.25) is 5.88 Å². The van der Waals surface area contributed by atoms with Gasteiger partial charge in [-0.3, -0.25) is 0 Å². The summed E-state index contributed by atoms with van der Waals surface area (Å²) in [5, 5.41) is 13.4. The number of hydrogen-bond donors (Lipinski definition) is 2. The van der Waals surface area contributed by atoms with E-state index < -0.39 is 0 Å². The number of carbonyl (C=O) groups excluding carboxylic acids is 1. The maximum Gasteiger partial charge on any atom is 0.323 e. The van der Waals surface area contributed by atoms with Crippen LogP contribution in [0.4, 0.5) is 16.2 Å². The standard InChI is InChI=1S/C20H20N4O3/c1-3-26-17-9-5-15(6-10-17)21-20(25)22-16-7-11-18(12-8-16)27-19-13-4-14(2)23-24-19/h4-13H,3H2,1-2H3,(H2,21,22,25). The number of carbonyl (C=O) groups is 1. The van der Waals surface area contributed by atoms with Crippen LogP contribution in [0.25, 0.3) is 0 Å². The number of urea groups is 1. The van der Waals surface area contributed by atoms with Gasteiger partial charge in [-0.1, -0.05) is 0 Å². The number of benzene rings is 2. The van der Waals surface area contributed by atoms with E-state index in [-0.39, 0.29) is 6.03 Å². The molecular formula is C20H20N4O3. The lowest BCUT2D eigenvalue weighted by molar-refractivity contribution is 0.262. The fourth-order valence-corrected chi connectivity index (χ4v) is 2.26. The number of amides is 2. The van der Waals surface area contributed by atoms with Crippen molar-refractivity contribution in [2.75, 3.05) is 17.2 Å². The molecule has 2 aromatic carbocycles. The number of nitrogens with one attached hydrogen (secondary N) is 2. The van der Waals surface area contributed by atoms with E-state index in [2.05, 4.69) is 20.8 Å². The Bertz CT molecular complexity index is 879. The highest BCUT2D eigenvalue weighted by molar-refractivity contribution is 5.99. The summed E-state index contributed by atoms with van der Waals surface area (Å²) in [7, 11) is 0. The molecule has 2 N–H and O–H groups in total. The fourth-order valence-electron chi connectivity index (χ4n) is 2.26. The molecule has 0 aliphatic carbocycles. The van der Waals surface area contributed by atoms with Crippen LogP contribution < -0.4 is 20.1 Å². The molecule has 0 unspecified atom stereocenters. The van der Waals surface area contributed by atoms with E-state index in [1.165, 1.54) is 0 Å². The van der Waals surface area contributed by atoms with Gasteiger partial charge in [0.25, 0.3) is 0 Å². The van der Waals surface area contributed by atoms with Crippen molar-refractivity contribution in [2.45, 2.75) is 13.8 Å². The average molecular weight is 364 g/mol. The quantitative estimate of drug-likeness (QED) is 0.666. The van der Waals surface area contributed by atoms with Crippen molar-refractivity contribution in [1.29, 1.82) is 0 Å². The molecule has 7 heteroatoms. The minimum Gasteiger partial charge on any atom is -0.494 e. The molecule has 0 saturated heterocycles. The smallest absolute Gasteiger partial charge is 0.323 e. The summed E-state index contributed by atoms with van der Waals surface area (Å²) in [6.45, 7) is 4.38. The van der Waals surface area contributed by atoms with Crippen LogP contribution in [-0.2, 0) is 0 Å². The minimum atomic E-state index is -0.336. The molecule has 1 heterocycles. The molecule has 0 bridgehead atoms. The van der Waals surface area contributed by atoms with Gasteiger partial charge >= 0.3 is 6.03 Å². The largest absolute Gasteiger partial charge is 0.494 e. The highest BCUT2D eigenvalue weighted by atomic mass is 16.5. The van der Waals surface area contributed by atoms with Crippen LogP contribution in [0.15, 0.2) is 60.7 Å². The third-order valence-corrected chi connectivity index (χ3v) is 3.53. The van der Waals surface area contributed by atoms with Crippen LogP contribution in [-0.4, -0.2) is 22.8 Å². The average Bonchev–Trinajstić information content (AvgIpc) is 2.67. The lowest BCUT2D eigenvalue weighted by atomic mass is 10.3. The predicted molar refractivity (Wildman–Crippen MR) is 104 cm³/mol. The van der Waals surface area contributed by atoms with Gasteiger partial charge in [0.15, 0.2) is 0 Å². The van der Waals surface area contributed by atoms with Crippen LogP contribution in [0.3, 0.4) is 0 Å². The molecule has 27 heavy (non-hydrogen) atoms. The number of aryl methyl sites for hydroxylation is 1. The van der Waals surface area contributed by atoms with Crippen LogP contribution >= 0.6 is 0 Å². The van der Waals surface area contributed by atoms with Gasteiger partial charge in [-0.05, 0) is 68.4 Å². The zero-order valence-corrected chi connectivity index (χ0v) is 15.1. The number of ether oxygens (including phenoxy) is 2. The zero-order valence-electron chi connectivity index (χ0n) is 15.1. The Kier molecular flexibility index (Phi) is 5.84. The Hall–Kier alpha value is -3.61. The summed E-state index contributed by atoms with van der Waals surface area (Å²) >= 11 is 0. The third kappa shape index (κ3) is 5.43. The molecule has 0 atom stereocenters. The lowest BCUT2D eigenvalue weighted by Gasteiger charge is -2.09. The summed E-state index contributed by atoms with van der Waals surface area (Å²) in [5.41, 5.74) is 2.13. The van der Waals surface area contributed by atoms with Gasteiger partial charge in [-0.15, -0.1) is 5.10 Å². The van der Waals surface area contributed by atoms with E-state index in [1.807, 2.05) is 19.9 Å². The summed E-state index contributed by atoms with van der Waals surface area (Å²) in [5.74, 6) is 1.78. The topological polar surface area (TPSA) is 85.4 Å². The van der Waals surface area contributed by atoms with Gasteiger partial charge < -0.3 is 20.1 Å². The van der Waals surface area contributed by atoms with Gasteiger partial charge in [-0.2, -0.15) is 5.10 Å². The Morgan fingerprint density at radius 2 is 1.44 bits per heavy atom. The van der Waals surface area contributed by atoms with E-state index in [0.29, 0.717) is 29.6 Å². The first-order valence-corrected chi connectivity index (χ1v) is 8.51. The molecule has 0 radical (unpaired) electrons. The zero-order chi connectivity index (χ0) is 19.1. The lowest BCUT2D eigenvalue weighted by Crippen LogP contribution is -2.19.